The van der Waals surface area contributed by atoms with Crippen molar-refractivity contribution in [1.29, 1.82) is 0 Å². The Morgan fingerprint density at radius 3 is 2.78 bits per heavy atom. The second-order valence-electron chi connectivity index (χ2n) is 5.27. The molecule has 1 aliphatic rings. The molecule has 0 saturated carbocycles. The van der Waals surface area contributed by atoms with Crippen LogP contribution in [0.5, 0.6) is 0 Å². The number of halogens is 1. The standard InChI is InChI=1S/C14H22FN3/c1-17-7-8-18(2)14(10-17)13(16)9-11-5-3-4-6-12(11)15/h3-6,13-14H,7-10,16H2,1-2H3. The highest BCUT2D eigenvalue weighted by Crippen LogP contribution is 2.14. The van der Waals surface area contributed by atoms with Crippen LogP contribution in [0.25, 0.3) is 0 Å². The maximum atomic E-state index is 13.6. The molecular formula is C14H22FN3. The van der Waals surface area contributed by atoms with E-state index in [4.69, 9.17) is 5.73 Å². The molecule has 0 spiro atoms. The topological polar surface area (TPSA) is 32.5 Å². The van der Waals surface area contributed by atoms with E-state index in [0.717, 1.165) is 19.6 Å². The van der Waals surface area contributed by atoms with Gasteiger partial charge in [-0.25, -0.2) is 4.39 Å². The Morgan fingerprint density at radius 2 is 2.06 bits per heavy atom. The lowest BCUT2D eigenvalue weighted by Crippen LogP contribution is -2.58. The Kier molecular flexibility index (Phi) is 4.32. The van der Waals surface area contributed by atoms with Crippen molar-refractivity contribution in [3.05, 3.63) is 35.6 Å². The first-order valence-electron chi connectivity index (χ1n) is 6.45. The zero-order valence-electron chi connectivity index (χ0n) is 11.1. The minimum Gasteiger partial charge on any atom is -0.326 e. The SMILES string of the molecule is CN1CCN(C)C(C(N)Cc2ccccc2F)C1. The monoisotopic (exact) mass is 251 g/mol. The molecule has 2 rings (SSSR count). The van der Waals surface area contributed by atoms with E-state index in [1.54, 1.807) is 6.07 Å². The molecule has 4 heteroatoms. The molecule has 1 heterocycles. The lowest BCUT2D eigenvalue weighted by Gasteiger charge is -2.40. The van der Waals surface area contributed by atoms with Crippen LogP contribution in [0.1, 0.15) is 5.56 Å². The van der Waals surface area contributed by atoms with Gasteiger partial charge in [-0.05, 0) is 32.1 Å². The van der Waals surface area contributed by atoms with Gasteiger partial charge in [0, 0.05) is 31.7 Å². The summed E-state index contributed by atoms with van der Waals surface area (Å²) in [6.07, 6.45) is 0.593. The van der Waals surface area contributed by atoms with Gasteiger partial charge in [0.1, 0.15) is 5.82 Å². The van der Waals surface area contributed by atoms with Gasteiger partial charge < -0.3 is 10.6 Å². The van der Waals surface area contributed by atoms with Crippen LogP contribution in [0.3, 0.4) is 0 Å². The molecule has 1 fully saturated rings. The smallest absolute Gasteiger partial charge is 0.126 e. The molecule has 0 amide bonds. The molecule has 1 aromatic carbocycles. The first kappa shape index (κ1) is 13.5. The fraction of sp³-hybridized carbons (Fsp3) is 0.571. The quantitative estimate of drug-likeness (QED) is 0.868. The summed E-state index contributed by atoms with van der Waals surface area (Å²) >= 11 is 0. The van der Waals surface area contributed by atoms with Crippen LogP contribution in [0.4, 0.5) is 4.39 Å². The Balaban J connectivity index is 2.03. The molecule has 1 aromatic rings. The van der Waals surface area contributed by atoms with Gasteiger partial charge in [0.05, 0.1) is 0 Å². The van der Waals surface area contributed by atoms with Crippen LogP contribution in [-0.4, -0.2) is 55.6 Å². The van der Waals surface area contributed by atoms with Gasteiger partial charge in [-0.2, -0.15) is 0 Å². The molecule has 0 aromatic heterocycles. The zero-order valence-corrected chi connectivity index (χ0v) is 11.1. The fourth-order valence-electron chi connectivity index (χ4n) is 2.56. The highest BCUT2D eigenvalue weighted by atomic mass is 19.1. The zero-order chi connectivity index (χ0) is 13.1. The normalized spacial score (nSPS) is 24.1. The van der Waals surface area contributed by atoms with Gasteiger partial charge in [-0.3, -0.25) is 4.90 Å². The van der Waals surface area contributed by atoms with E-state index in [9.17, 15) is 4.39 Å². The number of nitrogens with zero attached hydrogens (tertiary/aromatic N) is 2. The second-order valence-corrected chi connectivity index (χ2v) is 5.27. The largest absolute Gasteiger partial charge is 0.326 e. The number of benzene rings is 1. The first-order valence-corrected chi connectivity index (χ1v) is 6.45. The van der Waals surface area contributed by atoms with Gasteiger partial charge in [0.15, 0.2) is 0 Å². The number of piperazine rings is 1. The third-order valence-corrected chi connectivity index (χ3v) is 3.81. The van der Waals surface area contributed by atoms with Crippen molar-refractivity contribution in [3.63, 3.8) is 0 Å². The van der Waals surface area contributed by atoms with E-state index >= 15 is 0 Å². The lowest BCUT2D eigenvalue weighted by atomic mass is 9.97. The molecule has 2 unspecified atom stereocenters. The van der Waals surface area contributed by atoms with Crippen molar-refractivity contribution in [2.24, 2.45) is 5.73 Å². The maximum Gasteiger partial charge on any atom is 0.126 e. The van der Waals surface area contributed by atoms with E-state index < -0.39 is 0 Å². The van der Waals surface area contributed by atoms with Crippen molar-refractivity contribution in [2.45, 2.75) is 18.5 Å². The predicted molar refractivity (Wildman–Crippen MR) is 72.0 cm³/mol. The first-order chi connectivity index (χ1) is 8.58. The summed E-state index contributed by atoms with van der Waals surface area (Å²) in [4.78, 5) is 4.57. The van der Waals surface area contributed by atoms with E-state index in [1.807, 2.05) is 12.1 Å². The molecule has 0 radical (unpaired) electrons. The van der Waals surface area contributed by atoms with Crippen molar-refractivity contribution in [3.8, 4) is 0 Å². The highest BCUT2D eigenvalue weighted by Gasteiger charge is 2.27. The van der Waals surface area contributed by atoms with Gasteiger partial charge in [-0.1, -0.05) is 18.2 Å². The Morgan fingerprint density at radius 1 is 1.33 bits per heavy atom. The van der Waals surface area contributed by atoms with Crippen LogP contribution in [-0.2, 0) is 6.42 Å². The van der Waals surface area contributed by atoms with Crippen LogP contribution in [0.15, 0.2) is 24.3 Å². The second kappa shape index (κ2) is 5.78. The summed E-state index contributed by atoms with van der Waals surface area (Å²) in [7, 11) is 4.20. The average molecular weight is 251 g/mol. The molecule has 1 saturated heterocycles. The van der Waals surface area contributed by atoms with E-state index in [1.165, 1.54) is 6.07 Å². The highest BCUT2D eigenvalue weighted by molar-refractivity contribution is 5.19. The van der Waals surface area contributed by atoms with Gasteiger partial charge in [0.25, 0.3) is 0 Å². The van der Waals surface area contributed by atoms with Crippen LogP contribution in [0.2, 0.25) is 0 Å². The summed E-state index contributed by atoms with van der Waals surface area (Å²) in [5.41, 5.74) is 6.98. The van der Waals surface area contributed by atoms with Crippen molar-refractivity contribution in [1.82, 2.24) is 9.80 Å². The summed E-state index contributed by atoms with van der Waals surface area (Å²) in [5.74, 6) is -0.153. The summed E-state index contributed by atoms with van der Waals surface area (Å²) in [6.45, 7) is 3.04. The minimum absolute atomic E-state index is 0.0327. The van der Waals surface area contributed by atoms with Gasteiger partial charge in [-0.15, -0.1) is 0 Å². The molecule has 100 valence electrons. The number of nitrogens with two attached hydrogens (primary N) is 1. The van der Waals surface area contributed by atoms with E-state index in [-0.39, 0.29) is 11.9 Å². The Labute approximate surface area is 108 Å². The lowest BCUT2D eigenvalue weighted by molar-refractivity contribution is 0.0971. The number of hydrogen-bond donors (Lipinski definition) is 1. The maximum absolute atomic E-state index is 13.6. The van der Waals surface area contributed by atoms with Gasteiger partial charge >= 0.3 is 0 Å². The molecule has 1 aliphatic heterocycles. The molecule has 2 atom stereocenters. The number of hydrogen-bond acceptors (Lipinski definition) is 3. The van der Waals surface area contributed by atoms with Crippen LogP contribution in [0, 0.1) is 5.82 Å². The summed E-state index contributed by atoms with van der Waals surface area (Å²) in [5, 5.41) is 0. The molecule has 2 N–H and O–H groups in total. The molecule has 0 aliphatic carbocycles. The van der Waals surface area contributed by atoms with Crippen LogP contribution >= 0.6 is 0 Å². The minimum atomic E-state index is -0.153. The molecular weight excluding hydrogens is 229 g/mol. The van der Waals surface area contributed by atoms with E-state index in [0.29, 0.717) is 18.0 Å². The number of likely N-dealkylation sites (N-methyl/N-ethyl adjacent to an activating group) is 2. The molecule has 18 heavy (non-hydrogen) atoms. The average Bonchev–Trinajstić information content (AvgIpc) is 2.35. The third-order valence-electron chi connectivity index (χ3n) is 3.81. The molecule has 3 nitrogen and oxygen atoms in total. The van der Waals surface area contributed by atoms with Crippen molar-refractivity contribution in [2.75, 3.05) is 33.7 Å². The molecule has 0 bridgehead atoms. The van der Waals surface area contributed by atoms with Crippen LogP contribution < -0.4 is 5.73 Å². The summed E-state index contributed by atoms with van der Waals surface area (Å²) in [6, 6.07) is 7.16. The predicted octanol–water partition coefficient (Wildman–Crippen LogP) is 0.941. The third kappa shape index (κ3) is 3.07. The fourth-order valence-corrected chi connectivity index (χ4v) is 2.56. The number of rotatable bonds is 3. The Bertz CT molecular complexity index is 396. The summed E-state index contributed by atoms with van der Waals surface area (Å²) < 4.78 is 13.6. The van der Waals surface area contributed by atoms with E-state index in [2.05, 4.69) is 23.9 Å². The Hall–Kier alpha value is -0.970. The van der Waals surface area contributed by atoms with Crippen molar-refractivity contribution >= 4 is 0 Å². The van der Waals surface area contributed by atoms with Crippen molar-refractivity contribution < 1.29 is 4.39 Å². The van der Waals surface area contributed by atoms with Gasteiger partial charge in [0.2, 0.25) is 0 Å².